The van der Waals surface area contributed by atoms with E-state index in [1.54, 1.807) is 0 Å². The highest BCUT2D eigenvalue weighted by atomic mass is 16.8. The molecular weight excluding hydrogens is 260 g/mol. The molecule has 1 heterocycles. The van der Waals surface area contributed by atoms with Crippen molar-refractivity contribution in [2.24, 2.45) is 0 Å². The van der Waals surface area contributed by atoms with Gasteiger partial charge in [0.05, 0.1) is 12.2 Å². The molecule has 0 aliphatic carbocycles. The van der Waals surface area contributed by atoms with Crippen molar-refractivity contribution >= 4 is 12.3 Å². The zero-order chi connectivity index (χ0) is 15.2. The molecule has 0 bridgehead atoms. The third-order valence-corrected chi connectivity index (χ3v) is 3.32. The van der Waals surface area contributed by atoms with E-state index >= 15 is 0 Å². The van der Waals surface area contributed by atoms with Crippen molar-refractivity contribution in [3.63, 3.8) is 0 Å². The van der Waals surface area contributed by atoms with Gasteiger partial charge in [0.15, 0.2) is 12.1 Å². The van der Waals surface area contributed by atoms with Gasteiger partial charge in [-0.1, -0.05) is 12.8 Å². The fourth-order valence-electron chi connectivity index (χ4n) is 2.50. The van der Waals surface area contributed by atoms with Gasteiger partial charge in [0.2, 0.25) is 0 Å². The van der Waals surface area contributed by atoms with E-state index in [9.17, 15) is 9.59 Å². The number of esters is 1. The summed E-state index contributed by atoms with van der Waals surface area (Å²) in [6, 6.07) is 0. The molecule has 1 fully saturated rings. The zero-order valence-electron chi connectivity index (χ0n) is 12.9. The van der Waals surface area contributed by atoms with Crippen molar-refractivity contribution in [3.8, 4) is 0 Å². The van der Waals surface area contributed by atoms with Crippen LogP contribution in [0.2, 0.25) is 0 Å². The van der Waals surface area contributed by atoms with Crippen LogP contribution < -0.4 is 0 Å². The molecule has 5 heteroatoms. The Morgan fingerprint density at radius 1 is 1.30 bits per heavy atom. The first-order valence-corrected chi connectivity index (χ1v) is 7.32. The monoisotopic (exact) mass is 286 g/mol. The Labute approximate surface area is 121 Å². The molecule has 5 nitrogen and oxygen atoms in total. The third kappa shape index (κ3) is 6.01. The predicted octanol–water partition coefficient (Wildman–Crippen LogP) is 2.61. The Morgan fingerprint density at radius 3 is 2.60 bits per heavy atom. The number of carbonyl (C=O) groups is 2. The van der Waals surface area contributed by atoms with Crippen molar-refractivity contribution in [3.05, 3.63) is 0 Å². The van der Waals surface area contributed by atoms with Crippen LogP contribution >= 0.6 is 0 Å². The molecule has 20 heavy (non-hydrogen) atoms. The lowest BCUT2D eigenvalue weighted by Crippen LogP contribution is -2.23. The maximum atomic E-state index is 10.9. The van der Waals surface area contributed by atoms with Crippen LogP contribution in [0, 0.1) is 0 Å². The smallest absolute Gasteiger partial charge is 0.302 e. The Bertz CT molecular complexity index is 326. The predicted molar refractivity (Wildman–Crippen MR) is 74.2 cm³/mol. The zero-order valence-corrected chi connectivity index (χ0v) is 12.9. The van der Waals surface area contributed by atoms with Gasteiger partial charge in [0.1, 0.15) is 6.10 Å². The van der Waals surface area contributed by atoms with E-state index in [4.69, 9.17) is 14.2 Å². The van der Waals surface area contributed by atoms with E-state index in [-0.39, 0.29) is 18.2 Å². The molecule has 0 amide bonds. The van der Waals surface area contributed by atoms with Crippen LogP contribution in [0.25, 0.3) is 0 Å². The molecule has 0 saturated carbocycles. The maximum absolute atomic E-state index is 10.9. The molecule has 0 spiro atoms. The van der Waals surface area contributed by atoms with Crippen LogP contribution in [0.4, 0.5) is 0 Å². The van der Waals surface area contributed by atoms with E-state index in [0.717, 1.165) is 38.4 Å². The highest BCUT2D eigenvalue weighted by Crippen LogP contribution is 2.30. The SMILES string of the molecule is CC(=O)O[C@H](C)CCCCC[C@@H]1OC(C)(C)O[C@H]1C=O. The summed E-state index contributed by atoms with van der Waals surface area (Å²) in [4.78, 5) is 21.7. The van der Waals surface area contributed by atoms with Crippen molar-refractivity contribution < 1.29 is 23.8 Å². The largest absolute Gasteiger partial charge is 0.463 e. The first-order chi connectivity index (χ1) is 9.34. The number of aldehydes is 1. The molecule has 1 aliphatic rings. The average molecular weight is 286 g/mol. The molecule has 1 aliphatic heterocycles. The lowest BCUT2D eigenvalue weighted by molar-refractivity contribution is -0.150. The maximum Gasteiger partial charge on any atom is 0.302 e. The Hall–Kier alpha value is -0.940. The molecular formula is C15H26O5. The number of carbonyl (C=O) groups excluding carboxylic acids is 2. The van der Waals surface area contributed by atoms with Gasteiger partial charge in [-0.2, -0.15) is 0 Å². The summed E-state index contributed by atoms with van der Waals surface area (Å²) in [6.45, 7) is 6.98. The van der Waals surface area contributed by atoms with E-state index in [1.807, 2.05) is 20.8 Å². The third-order valence-electron chi connectivity index (χ3n) is 3.32. The van der Waals surface area contributed by atoms with E-state index in [2.05, 4.69) is 0 Å². The van der Waals surface area contributed by atoms with E-state index < -0.39 is 11.9 Å². The number of hydrogen-bond acceptors (Lipinski definition) is 5. The quantitative estimate of drug-likeness (QED) is 0.390. The van der Waals surface area contributed by atoms with Crippen molar-refractivity contribution in [2.75, 3.05) is 0 Å². The Morgan fingerprint density at radius 2 is 2.00 bits per heavy atom. The van der Waals surface area contributed by atoms with E-state index in [0.29, 0.717) is 0 Å². The molecule has 0 N–H and O–H groups in total. The minimum absolute atomic E-state index is 0.0276. The van der Waals surface area contributed by atoms with Gasteiger partial charge in [-0.15, -0.1) is 0 Å². The summed E-state index contributed by atoms with van der Waals surface area (Å²) in [5.41, 5.74) is 0. The number of hydrogen-bond donors (Lipinski definition) is 0. The fraction of sp³-hybridized carbons (Fsp3) is 0.867. The second kappa shape index (κ2) is 7.74. The van der Waals surface area contributed by atoms with Crippen LogP contribution in [-0.4, -0.2) is 36.4 Å². The summed E-state index contributed by atoms with van der Waals surface area (Å²) in [5.74, 6) is -0.898. The fourth-order valence-corrected chi connectivity index (χ4v) is 2.50. The minimum Gasteiger partial charge on any atom is -0.463 e. The molecule has 0 aromatic rings. The summed E-state index contributed by atoms with van der Waals surface area (Å²) in [6.07, 6.45) is 4.87. The number of ether oxygens (including phenoxy) is 3. The lowest BCUT2D eigenvalue weighted by atomic mass is 10.0. The normalized spacial score (nSPS) is 26.2. The summed E-state index contributed by atoms with van der Waals surface area (Å²) in [5, 5.41) is 0. The molecule has 116 valence electrons. The average Bonchev–Trinajstić information content (AvgIpc) is 2.62. The Kier molecular flexibility index (Phi) is 6.62. The van der Waals surface area contributed by atoms with Crippen LogP contribution in [0.1, 0.15) is 59.8 Å². The standard InChI is InChI=1S/C15H26O5/c1-11(18-12(2)17)8-6-5-7-9-13-14(10-16)20-15(3,4)19-13/h10-11,13-14H,5-9H2,1-4H3/t11-,13+,14+/m1/s1. The summed E-state index contributed by atoms with van der Waals surface area (Å²) >= 11 is 0. The highest BCUT2D eigenvalue weighted by molar-refractivity contribution is 5.66. The molecule has 0 aromatic carbocycles. The van der Waals surface area contributed by atoms with Gasteiger partial charge in [-0.25, -0.2) is 0 Å². The minimum atomic E-state index is -0.667. The first kappa shape index (κ1) is 17.1. The van der Waals surface area contributed by atoms with Crippen LogP contribution in [-0.2, 0) is 23.8 Å². The number of unbranched alkanes of at least 4 members (excludes halogenated alkanes) is 2. The van der Waals surface area contributed by atoms with Gasteiger partial charge < -0.3 is 19.0 Å². The van der Waals surface area contributed by atoms with Crippen LogP contribution in [0.3, 0.4) is 0 Å². The van der Waals surface area contributed by atoms with Crippen molar-refractivity contribution in [2.45, 2.75) is 83.9 Å². The van der Waals surface area contributed by atoms with Gasteiger partial charge in [0.25, 0.3) is 0 Å². The highest BCUT2D eigenvalue weighted by Gasteiger charge is 2.40. The van der Waals surface area contributed by atoms with Gasteiger partial charge in [-0.05, 0) is 40.0 Å². The summed E-state index contributed by atoms with van der Waals surface area (Å²) in [7, 11) is 0. The van der Waals surface area contributed by atoms with Gasteiger partial charge in [0, 0.05) is 6.92 Å². The summed E-state index contributed by atoms with van der Waals surface area (Å²) < 4.78 is 16.3. The van der Waals surface area contributed by atoms with Gasteiger partial charge >= 0.3 is 5.97 Å². The Balaban J connectivity index is 2.15. The number of rotatable bonds is 8. The van der Waals surface area contributed by atoms with Crippen molar-refractivity contribution in [1.29, 1.82) is 0 Å². The topological polar surface area (TPSA) is 61.8 Å². The van der Waals surface area contributed by atoms with Crippen LogP contribution in [0.5, 0.6) is 0 Å². The molecule has 3 atom stereocenters. The lowest BCUT2D eigenvalue weighted by Gasteiger charge is -2.16. The van der Waals surface area contributed by atoms with Crippen LogP contribution in [0.15, 0.2) is 0 Å². The molecule has 0 radical (unpaired) electrons. The molecule has 1 rings (SSSR count). The molecule has 0 aromatic heterocycles. The second-order valence-electron chi connectivity index (χ2n) is 5.83. The molecule has 1 saturated heterocycles. The second-order valence-corrected chi connectivity index (χ2v) is 5.83. The molecule has 0 unspecified atom stereocenters. The van der Waals surface area contributed by atoms with Gasteiger partial charge in [-0.3, -0.25) is 4.79 Å². The first-order valence-electron chi connectivity index (χ1n) is 7.32. The van der Waals surface area contributed by atoms with E-state index in [1.165, 1.54) is 6.92 Å². The van der Waals surface area contributed by atoms with Crippen molar-refractivity contribution in [1.82, 2.24) is 0 Å².